The van der Waals surface area contributed by atoms with Crippen molar-refractivity contribution in [3.63, 3.8) is 0 Å². The molecule has 1 N–H and O–H groups in total. The monoisotopic (exact) mass is 182 g/mol. The van der Waals surface area contributed by atoms with Crippen LogP contribution >= 0.6 is 0 Å². The van der Waals surface area contributed by atoms with Crippen LogP contribution in [-0.2, 0) is 0 Å². The van der Waals surface area contributed by atoms with Crippen LogP contribution in [-0.4, -0.2) is 30.1 Å². The number of hydrogen-bond donors (Lipinski definition) is 1. The summed E-state index contributed by atoms with van der Waals surface area (Å²) in [6.45, 7) is 6.30. The van der Waals surface area contributed by atoms with Gasteiger partial charge in [0.1, 0.15) is 0 Å². The average Bonchev–Trinajstić information content (AvgIpc) is 2.81. The van der Waals surface area contributed by atoms with Gasteiger partial charge in [0.15, 0.2) is 0 Å². The van der Waals surface area contributed by atoms with Gasteiger partial charge in [0.25, 0.3) is 0 Å². The first-order valence-electron chi connectivity index (χ1n) is 5.22. The van der Waals surface area contributed by atoms with Gasteiger partial charge < -0.3 is 10.2 Å². The van der Waals surface area contributed by atoms with E-state index in [-0.39, 0.29) is 6.03 Å². The lowest BCUT2D eigenvalue weighted by Crippen LogP contribution is -2.39. The molecular weight excluding hydrogens is 164 g/mol. The normalized spacial score (nSPS) is 33.5. The minimum atomic E-state index is 0.152. The first kappa shape index (κ1) is 8.85. The maximum absolute atomic E-state index is 11.6. The van der Waals surface area contributed by atoms with Crippen molar-refractivity contribution < 1.29 is 4.79 Å². The van der Waals surface area contributed by atoms with Gasteiger partial charge in [-0.15, -0.1) is 0 Å². The quantitative estimate of drug-likeness (QED) is 0.654. The lowest BCUT2D eigenvalue weighted by Gasteiger charge is -2.16. The van der Waals surface area contributed by atoms with Crippen molar-refractivity contribution in [1.29, 1.82) is 0 Å². The van der Waals surface area contributed by atoms with E-state index in [9.17, 15) is 4.79 Å². The summed E-state index contributed by atoms with van der Waals surface area (Å²) in [7, 11) is 0. The van der Waals surface area contributed by atoms with E-state index in [1.54, 1.807) is 0 Å². The van der Waals surface area contributed by atoms with Crippen molar-refractivity contribution in [1.82, 2.24) is 10.2 Å². The summed E-state index contributed by atoms with van der Waals surface area (Å²) in [6.07, 6.45) is 2.34. The zero-order chi connectivity index (χ0) is 9.42. The standard InChI is InChI=1S/C10H18N2O/c1-7-5-12(6-8(7)2)10(13)11-9-3-4-9/h7-9H,3-6H2,1-2H3,(H,11,13). The molecule has 1 heterocycles. The molecule has 0 radical (unpaired) electrons. The summed E-state index contributed by atoms with van der Waals surface area (Å²) >= 11 is 0. The number of rotatable bonds is 1. The van der Waals surface area contributed by atoms with Crippen LogP contribution in [0.3, 0.4) is 0 Å². The second-order valence-electron chi connectivity index (χ2n) is 4.58. The van der Waals surface area contributed by atoms with Gasteiger partial charge in [-0.2, -0.15) is 0 Å². The zero-order valence-corrected chi connectivity index (χ0v) is 8.42. The molecule has 2 amide bonds. The maximum Gasteiger partial charge on any atom is 0.317 e. The van der Waals surface area contributed by atoms with Crippen molar-refractivity contribution in [2.75, 3.05) is 13.1 Å². The highest BCUT2D eigenvalue weighted by Gasteiger charge is 2.32. The van der Waals surface area contributed by atoms with Crippen molar-refractivity contribution in [3.8, 4) is 0 Å². The second-order valence-corrected chi connectivity index (χ2v) is 4.58. The fourth-order valence-corrected chi connectivity index (χ4v) is 1.79. The van der Waals surface area contributed by atoms with E-state index in [1.807, 2.05) is 4.90 Å². The molecule has 3 nitrogen and oxygen atoms in total. The summed E-state index contributed by atoms with van der Waals surface area (Å²) in [5.41, 5.74) is 0. The third-order valence-corrected chi connectivity index (χ3v) is 3.18. The Hall–Kier alpha value is -0.730. The van der Waals surface area contributed by atoms with Gasteiger partial charge >= 0.3 is 6.03 Å². The van der Waals surface area contributed by atoms with Crippen molar-refractivity contribution in [2.24, 2.45) is 11.8 Å². The van der Waals surface area contributed by atoms with Crippen LogP contribution < -0.4 is 5.32 Å². The molecule has 2 rings (SSSR count). The highest BCUT2D eigenvalue weighted by Crippen LogP contribution is 2.24. The predicted molar refractivity (Wildman–Crippen MR) is 51.5 cm³/mol. The fourth-order valence-electron chi connectivity index (χ4n) is 1.79. The van der Waals surface area contributed by atoms with E-state index in [4.69, 9.17) is 0 Å². The molecule has 0 bridgehead atoms. The number of likely N-dealkylation sites (tertiary alicyclic amines) is 1. The summed E-state index contributed by atoms with van der Waals surface area (Å²) in [5.74, 6) is 1.31. The van der Waals surface area contributed by atoms with Crippen molar-refractivity contribution >= 4 is 6.03 Å². The third-order valence-electron chi connectivity index (χ3n) is 3.18. The van der Waals surface area contributed by atoms with E-state index in [0.717, 1.165) is 13.1 Å². The molecule has 1 aliphatic carbocycles. The van der Waals surface area contributed by atoms with Gasteiger partial charge in [0, 0.05) is 19.1 Å². The van der Waals surface area contributed by atoms with Crippen LogP contribution in [0.2, 0.25) is 0 Å². The zero-order valence-electron chi connectivity index (χ0n) is 8.42. The first-order valence-corrected chi connectivity index (χ1v) is 5.22. The molecule has 0 aromatic heterocycles. The summed E-state index contributed by atoms with van der Waals surface area (Å²) in [4.78, 5) is 13.6. The Morgan fingerprint density at radius 3 is 2.23 bits per heavy atom. The topological polar surface area (TPSA) is 32.3 Å². The van der Waals surface area contributed by atoms with Gasteiger partial charge in [-0.1, -0.05) is 13.8 Å². The minimum absolute atomic E-state index is 0.152. The third kappa shape index (κ3) is 1.95. The van der Waals surface area contributed by atoms with E-state index < -0.39 is 0 Å². The number of urea groups is 1. The fraction of sp³-hybridized carbons (Fsp3) is 0.900. The number of nitrogens with zero attached hydrogens (tertiary/aromatic N) is 1. The van der Waals surface area contributed by atoms with Crippen molar-refractivity contribution in [2.45, 2.75) is 32.7 Å². The molecule has 0 spiro atoms. The van der Waals surface area contributed by atoms with Gasteiger partial charge in [0.05, 0.1) is 0 Å². The van der Waals surface area contributed by atoms with E-state index in [2.05, 4.69) is 19.2 Å². The lowest BCUT2D eigenvalue weighted by atomic mass is 10.0. The molecule has 13 heavy (non-hydrogen) atoms. The smallest absolute Gasteiger partial charge is 0.317 e. The van der Waals surface area contributed by atoms with Gasteiger partial charge in [-0.3, -0.25) is 0 Å². The Bertz CT molecular complexity index is 203. The van der Waals surface area contributed by atoms with E-state index in [0.29, 0.717) is 17.9 Å². The van der Waals surface area contributed by atoms with Crippen LogP contribution in [0, 0.1) is 11.8 Å². The Morgan fingerprint density at radius 1 is 1.23 bits per heavy atom. The van der Waals surface area contributed by atoms with Crippen LogP contribution in [0.1, 0.15) is 26.7 Å². The Morgan fingerprint density at radius 2 is 1.77 bits per heavy atom. The van der Waals surface area contributed by atoms with E-state index in [1.165, 1.54) is 12.8 Å². The number of hydrogen-bond acceptors (Lipinski definition) is 1. The molecule has 2 unspecified atom stereocenters. The van der Waals surface area contributed by atoms with Gasteiger partial charge in [-0.25, -0.2) is 4.79 Å². The number of carbonyl (C=O) groups is 1. The van der Waals surface area contributed by atoms with Crippen LogP contribution in [0.5, 0.6) is 0 Å². The number of amides is 2. The second kappa shape index (κ2) is 3.20. The van der Waals surface area contributed by atoms with Crippen LogP contribution in [0.25, 0.3) is 0 Å². The summed E-state index contributed by atoms with van der Waals surface area (Å²) in [6, 6.07) is 0.636. The highest BCUT2D eigenvalue weighted by atomic mass is 16.2. The molecule has 0 aromatic rings. The SMILES string of the molecule is CC1CN(C(=O)NC2CC2)CC1C. The Kier molecular flexibility index (Phi) is 2.18. The van der Waals surface area contributed by atoms with Crippen molar-refractivity contribution in [3.05, 3.63) is 0 Å². The van der Waals surface area contributed by atoms with Gasteiger partial charge in [0.2, 0.25) is 0 Å². The first-order chi connectivity index (χ1) is 6.16. The number of nitrogens with one attached hydrogen (secondary N) is 1. The largest absolute Gasteiger partial charge is 0.335 e. The van der Waals surface area contributed by atoms with Gasteiger partial charge in [-0.05, 0) is 24.7 Å². The lowest BCUT2D eigenvalue weighted by molar-refractivity contribution is 0.206. The highest BCUT2D eigenvalue weighted by molar-refractivity contribution is 5.75. The summed E-state index contributed by atoms with van der Waals surface area (Å²) in [5, 5.41) is 3.02. The molecule has 1 aliphatic heterocycles. The predicted octanol–water partition coefficient (Wildman–Crippen LogP) is 1.45. The molecule has 2 aliphatic rings. The maximum atomic E-state index is 11.6. The molecule has 3 heteroatoms. The van der Waals surface area contributed by atoms with Crippen LogP contribution in [0.15, 0.2) is 0 Å². The van der Waals surface area contributed by atoms with Crippen LogP contribution in [0.4, 0.5) is 4.79 Å². The Balaban J connectivity index is 1.83. The minimum Gasteiger partial charge on any atom is -0.335 e. The molecule has 1 saturated carbocycles. The molecule has 2 fully saturated rings. The molecule has 2 atom stereocenters. The Labute approximate surface area is 79.5 Å². The molecule has 0 aromatic carbocycles. The summed E-state index contributed by atoms with van der Waals surface area (Å²) < 4.78 is 0. The molecular formula is C10H18N2O. The number of carbonyl (C=O) groups excluding carboxylic acids is 1. The average molecular weight is 182 g/mol. The molecule has 1 saturated heterocycles. The van der Waals surface area contributed by atoms with E-state index >= 15 is 0 Å². The molecule has 74 valence electrons.